The largest absolute Gasteiger partial charge is 0.356 e. The molecular formula is C20H30N2O2. The van der Waals surface area contributed by atoms with Crippen LogP contribution in [-0.2, 0) is 16.0 Å². The number of rotatable bonds is 7. The molecule has 1 aliphatic rings. The van der Waals surface area contributed by atoms with E-state index in [1.807, 2.05) is 36.9 Å². The van der Waals surface area contributed by atoms with Gasteiger partial charge in [-0.2, -0.15) is 0 Å². The molecule has 0 aliphatic heterocycles. The summed E-state index contributed by atoms with van der Waals surface area (Å²) in [5.41, 5.74) is 1.24. The van der Waals surface area contributed by atoms with Crippen LogP contribution in [0.3, 0.4) is 0 Å². The summed E-state index contributed by atoms with van der Waals surface area (Å²) in [6, 6.07) is 10.2. The van der Waals surface area contributed by atoms with Gasteiger partial charge in [-0.15, -0.1) is 0 Å². The first-order valence-electron chi connectivity index (χ1n) is 9.26. The molecule has 132 valence electrons. The maximum Gasteiger partial charge on any atom is 0.225 e. The molecule has 0 saturated heterocycles. The second-order valence-electron chi connectivity index (χ2n) is 6.59. The lowest BCUT2D eigenvalue weighted by molar-refractivity contribution is -0.138. The van der Waals surface area contributed by atoms with E-state index in [4.69, 9.17) is 0 Å². The molecule has 0 spiro atoms. The molecule has 1 N–H and O–H groups in total. The fourth-order valence-corrected chi connectivity index (χ4v) is 3.52. The van der Waals surface area contributed by atoms with E-state index < -0.39 is 0 Å². The topological polar surface area (TPSA) is 49.4 Å². The first-order valence-corrected chi connectivity index (χ1v) is 9.26. The van der Waals surface area contributed by atoms with Crippen LogP contribution in [0.1, 0.15) is 45.1 Å². The minimum atomic E-state index is 0.0709. The van der Waals surface area contributed by atoms with Crippen molar-refractivity contribution in [2.75, 3.05) is 19.6 Å². The van der Waals surface area contributed by atoms with Gasteiger partial charge in [0.05, 0.1) is 0 Å². The van der Waals surface area contributed by atoms with Crippen molar-refractivity contribution in [3.8, 4) is 0 Å². The maximum absolute atomic E-state index is 12.4. The van der Waals surface area contributed by atoms with Crippen molar-refractivity contribution in [2.24, 2.45) is 11.8 Å². The van der Waals surface area contributed by atoms with Crippen LogP contribution in [0.5, 0.6) is 0 Å². The average Bonchev–Trinajstić information content (AvgIpc) is 2.63. The highest BCUT2D eigenvalue weighted by Gasteiger charge is 2.31. The second-order valence-corrected chi connectivity index (χ2v) is 6.59. The first-order chi connectivity index (χ1) is 11.7. The van der Waals surface area contributed by atoms with E-state index in [9.17, 15) is 9.59 Å². The Morgan fingerprint density at radius 3 is 2.17 bits per heavy atom. The highest BCUT2D eigenvalue weighted by Crippen LogP contribution is 2.30. The SMILES string of the molecule is CCN(CC)C(=O)C1CCC(C(=O)NCCc2ccccc2)CC1. The van der Waals surface area contributed by atoms with E-state index in [1.54, 1.807) is 0 Å². The molecule has 0 aromatic heterocycles. The monoisotopic (exact) mass is 330 g/mol. The highest BCUT2D eigenvalue weighted by atomic mass is 16.2. The Labute approximate surface area is 145 Å². The number of carbonyl (C=O) groups is 2. The molecule has 0 radical (unpaired) electrons. The lowest BCUT2D eigenvalue weighted by Gasteiger charge is -2.30. The van der Waals surface area contributed by atoms with Gasteiger partial charge in [0.15, 0.2) is 0 Å². The Balaban J connectivity index is 1.71. The van der Waals surface area contributed by atoms with Gasteiger partial charge in [0.1, 0.15) is 0 Å². The van der Waals surface area contributed by atoms with Crippen LogP contribution in [0, 0.1) is 11.8 Å². The summed E-state index contributed by atoms with van der Waals surface area (Å²) in [6.07, 6.45) is 4.20. The van der Waals surface area contributed by atoms with E-state index in [0.717, 1.165) is 45.2 Å². The molecule has 0 heterocycles. The molecule has 1 aliphatic carbocycles. The second kappa shape index (κ2) is 9.45. The number of hydrogen-bond donors (Lipinski definition) is 1. The predicted octanol–water partition coefficient (Wildman–Crippen LogP) is 3.02. The maximum atomic E-state index is 12.4. The van der Waals surface area contributed by atoms with Gasteiger partial charge in [-0.25, -0.2) is 0 Å². The zero-order chi connectivity index (χ0) is 17.4. The lowest BCUT2D eigenvalue weighted by atomic mass is 9.81. The number of amides is 2. The Morgan fingerprint density at radius 1 is 1.00 bits per heavy atom. The van der Waals surface area contributed by atoms with Crippen LogP contribution in [0.25, 0.3) is 0 Å². The molecule has 1 aromatic rings. The minimum Gasteiger partial charge on any atom is -0.356 e. The third-order valence-corrected chi connectivity index (χ3v) is 5.08. The van der Waals surface area contributed by atoms with Gasteiger partial charge in [-0.3, -0.25) is 9.59 Å². The average molecular weight is 330 g/mol. The number of carbonyl (C=O) groups excluding carboxylic acids is 2. The molecule has 2 amide bonds. The van der Waals surface area contributed by atoms with E-state index in [2.05, 4.69) is 17.4 Å². The Bertz CT molecular complexity index is 518. The van der Waals surface area contributed by atoms with Gasteiger partial charge >= 0.3 is 0 Å². The summed E-state index contributed by atoms with van der Waals surface area (Å²) in [4.78, 5) is 26.6. The molecule has 0 atom stereocenters. The quantitative estimate of drug-likeness (QED) is 0.835. The summed E-state index contributed by atoms with van der Waals surface area (Å²) in [7, 11) is 0. The number of hydrogen-bond acceptors (Lipinski definition) is 2. The van der Waals surface area contributed by atoms with E-state index in [1.165, 1.54) is 5.56 Å². The van der Waals surface area contributed by atoms with E-state index in [-0.39, 0.29) is 23.7 Å². The van der Waals surface area contributed by atoms with Gasteiger partial charge in [-0.1, -0.05) is 30.3 Å². The summed E-state index contributed by atoms with van der Waals surface area (Å²) in [5.74, 6) is 0.599. The van der Waals surface area contributed by atoms with Crippen LogP contribution in [0.2, 0.25) is 0 Å². The molecule has 0 unspecified atom stereocenters. The number of benzene rings is 1. The molecular weight excluding hydrogens is 300 g/mol. The van der Waals surface area contributed by atoms with Crippen molar-refractivity contribution >= 4 is 11.8 Å². The Kier molecular flexibility index (Phi) is 7.29. The zero-order valence-corrected chi connectivity index (χ0v) is 15.0. The molecule has 1 aromatic carbocycles. The smallest absolute Gasteiger partial charge is 0.225 e. The van der Waals surface area contributed by atoms with Gasteiger partial charge in [0, 0.05) is 31.5 Å². The van der Waals surface area contributed by atoms with Gasteiger partial charge in [0.2, 0.25) is 11.8 Å². The van der Waals surface area contributed by atoms with Gasteiger partial charge < -0.3 is 10.2 Å². The lowest BCUT2D eigenvalue weighted by Crippen LogP contribution is -2.40. The summed E-state index contributed by atoms with van der Waals surface area (Å²) >= 11 is 0. The van der Waals surface area contributed by atoms with Crippen molar-refractivity contribution < 1.29 is 9.59 Å². The van der Waals surface area contributed by atoms with Crippen LogP contribution in [0.4, 0.5) is 0 Å². The molecule has 4 nitrogen and oxygen atoms in total. The molecule has 1 saturated carbocycles. The van der Waals surface area contributed by atoms with Crippen LogP contribution in [0.15, 0.2) is 30.3 Å². The predicted molar refractivity (Wildman–Crippen MR) is 96.5 cm³/mol. The molecule has 4 heteroatoms. The van der Waals surface area contributed by atoms with E-state index >= 15 is 0 Å². The normalized spacial score (nSPS) is 20.4. The fraction of sp³-hybridized carbons (Fsp3) is 0.600. The summed E-state index contributed by atoms with van der Waals surface area (Å²) in [5, 5.41) is 3.06. The standard InChI is InChI=1S/C20H30N2O2/c1-3-22(4-2)20(24)18-12-10-17(11-13-18)19(23)21-15-14-16-8-6-5-7-9-16/h5-9,17-18H,3-4,10-15H2,1-2H3,(H,21,23). The fourth-order valence-electron chi connectivity index (χ4n) is 3.52. The van der Waals surface area contributed by atoms with Crippen LogP contribution in [-0.4, -0.2) is 36.3 Å². The molecule has 0 bridgehead atoms. The Hall–Kier alpha value is -1.84. The van der Waals surface area contributed by atoms with Crippen molar-refractivity contribution in [1.29, 1.82) is 0 Å². The first kappa shape index (κ1) is 18.5. The third kappa shape index (κ3) is 5.08. The van der Waals surface area contributed by atoms with Crippen molar-refractivity contribution in [3.05, 3.63) is 35.9 Å². The summed E-state index contributed by atoms with van der Waals surface area (Å²) < 4.78 is 0. The van der Waals surface area contributed by atoms with Gasteiger partial charge in [-0.05, 0) is 51.5 Å². The van der Waals surface area contributed by atoms with Crippen molar-refractivity contribution in [1.82, 2.24) is 10.2 Å². The molecule has 1 fully saturated rings. The van der Waals surface area contributed by atoms with E-state index in [0.29, 0.717) is 6.54 Å². The van der Waals surface area contributed by atoms with Crippen LogP contribution < -0.4 is 5.32 Å². The third-order valence-electron chi connectivity index (χ3n) is 5.08. The number of nitrogens with one attached hydrogen (secondary N) is 1. The Morgan fingerprint density at radius 2 is 1.58 bits per heavy atom. The van der Waals surface area contributed by atoms with Crippen molar-refractivity contribution in [2.45, 2.75) is 46.0 Å². The zero-order valence-electron chi connectivity index (χ0n) is 15.0. The number of nitrogens with zero attached hydrogens (tertiary/aromatic N) is 1. The minimum absolute atomic E-state index is 0.0709. The molecule has 2 rings (SSSR count). The van der Waals surface area contributed by atoms with Gasteiger partial charge in [0.25, 0.3) is 0 Å². The van der Waals surface area contributed by atoms with Crippen molar-refractivity contribution in [3.63, 3.8) is 0 Å². The molecule has 24 heavy (non-hydrogen) atoms. The highest BCUT2D eigenvalue weighted by molar-refractivity contribution is 5.81. The summed E-state index contributed by atoms with van der Waals surface area (Å²) in [6.45, 7) is 6.27. The van der Waals surface area contributed by atoms with Crippen LogP contribution >= 0.6 is 0 Å².